The molecule has 1 saturated carbocycles. The van der Waals surface area contributed by atoms with Gasteiger partial charge in [-0.15, -0.1) is 10.2 Å². The molecule has 2 heterocycles. The first-order valence-electron chi connectivity index (χ1n) is 7.90. The topological polar surface area (TPSA) is 81.9 Å². The molecule has 1 N–H and O–H groups in total. The van der Waals surface area contributed by atoms with Crippen molar-refractivity contribution >= 4 is 44.4 Å². The van der Waals surface area contributed by atoms with E-state index in [9.17, 15) is 4.79 Å². The van der Waals surface area contributed by atoms with Gasteiger partial charge in [-0.2, -0.15) is 0 Å². The number of thioether (sulfide) groups is 1. The lowest BCUT2D eigenvalue weighted by atomic mass is 10.3. The fraction of sp³-hybridized carbons (Fsp3) is 0.375. The van der Waals surface area contributed by atoms with Crippen molar-refractivity contribution in [2.24, 2.45) is 7.05 Å². The number of nitrogens with one attached hydrogen (secondary N) is 1. The Morgan fingerprint density at radius 1 is 1.44 bits per heavy atom. The number of fused-ring (bicyclic) bond motifs is 1. The predicted molar refractivity (Wildman–Crippen MR) is 98.5 cm³/mol. The molecule has 0 unspecified atom stereocenters. The molecule has 1 fully saturated rings. The van der Waals surface area contributed by atoms with Crippen molar-refractivity contribution in [1.29, 1.82) is 0 Å². The molecular weight excluding hydrogens is 358 g/mol. The molecule has 1 amide bonds. The quantitative estimate of drug-likeness (QED) is 0.667. The lowest BCUT2D eigenvalue weighted by Gasteiger charge is -2.03. The Bertz CT molecular complexity index is 932. The molecule has 25 heavy (non-hydrogen) atoms. The van der Waals surface area contributed by atoms with E-state index < -0.39 is 0 Å². The van der Waals surface area contributed by atoms with Crippen molar-refractivity contribution in [1.82, 2.24) is 19.7 Å². The minimum Gasteiger partial charge on any atom is -0.497 e. The third-order valence-corrected chi connectivity index (χ3v) is 5.94. The lowest BCUT2D eigenvalue weighted by molar-refractivity contribution is -0.113. The van der Waals surface area contributed by atoms with Crippen LogP contribution in [-0.4, -0.2) is 38.5 Å². The summed E-state index contributed by atoms with van der Waals surface area (Å²) >= 11 is 2.82. The third-order valence-electron chi connectivity index (χ3n) is 3.99. The van der Waals surface area contributed by atoms with Crippen molar-refractivity contribution in [2.45, 2.75) is 23.9 Å². The number of carbonyl (C=O) groups is 1. The molecule has 1 aliphatic carbocycles. The van der Waals surface area contributed by atoms with Crippen LogP contribution in [0.25, 0.3) is 10.2 Å². The number of rotatable bonds is 6. The summed E-state index contributed by atoms with van der Waals surface area (Å²) in [6.45, 7) is 0. The zero-order chi connectivity index (χ0) is 17.4. The van der Waals surface area contributed by atoms with Crippen LogP contribution >= 0.6 is 23.1 Å². The fourth-order valence-electron chi connectivity index (χ4n) is 2.52. The summed E-state index contributed by atoms with van der Waals surface area (Å²) in [7, 11) is 3.58. The number of hydrogen-bond acceptors (Lipinski definition) is 7. The highest BCUT2D eigenvalue weighted by molar-refractivity contribution is 7.99. The van der Waals surface area contributed by atoms with Crippen LogP contribution in [0.5, 0.6) is 5.75 Å². The second-order valence-corrected chi connectivity index (χ2v) is 7.84. The molecule has 0 aliphatic heterocycles. The van der Waals surface area contributed by atoms with E-state index in [0.717, 1.165) is 26.9 Å². The second kappa shape index (κ2) is 6.64. The third kappa shape index (κ3) is 3.47. The van der Waals surface area contributed by atoms with Crippen LogP contribution in [-0.2, 0) is 11.8 Å². The standard InChI is InChI=1S/C16H17N5O2S2/c1-21-14(9-3-4-9)19-20-16(21)24-8-13(22)18-15-17-11-6-5-10(23-2)7-12(11)25-15/h5-7,9H,3-4,8H2,1-2H3,(H,17,18,22). The smallest absolute Gasteiger partial charge is 0.236 e. The summed E-state index contributed by atoms with van der Waals surface area (Å²) in [5, 5.41) is 12.6. The zero-order valence-electron chi connectivity index (χ0n) is 13.9. The van der Waals surface area contributed by atoms with E-state index in [2.05, 4.69) is 20.5 Å². The molecule has 4 rings (SSSR count). The van der Waals surface area contributed by atoms with Crippen LogP contribution < -0.4 is 10.1 Å². The molecule has 2 aromatic heterocycles. The Morgan fingerprint density at radius 3 is 3.04 bits per heavy atom. The van der Waals surface area contributed by atoms with E-state index in [1.807, 2.05) is 29.8 Å². The van der Waals surface area contributed by atoms with Crippen LogP contribution in [0.4, 0.5) is 5.13 Å². The Hall–Kier alpha value is -2.13. The first kappa shape index (κ1) is 16.3. The maximum absolute atomic E-state index is 12.2. The summed E-state index contributed by atoms with van der Waals surface area (Å²) in [6, 6.07) is 5.65. The van der Waals surface area contributed by atoms with Crippen LogP contribution in [0.3, 0.4) is 0 Å². The van der Waals surface area contributed by atoms with Gasteiger partial charge < -0.3 is 14.6 Å². The fourth-order valence-corrected chi connectivity index (χ4v) is 4.15. The van der Waals surface area contributed by atoms with Gasteiger partial charge in [-0.1, -0.05) is 23.1 Å². The van der Waals surface area contributed by atoms with Gasteiger partial charge in [0.1, 0.15) is 11.6 Å². The average Bonchev–Trinajstić information content (AvgIpc) is 3.26. The van der Waals surface area contributed by atoms with E-state index in [1.54, 1.807) is 7.11 Å². The molecule has 0 bridgehead atoms. The van der Waals surface area contributed by atoms with Gasteiger partial charge in [0.15, 0.2) is 10.3 Å². The van der Waals surface area contributed by atoms with Gasteiger partial charge in [0.05, 0.1) is 23.1 Å². The molecule has 0 saturated heterocycles. The summed E-state index contributed by atoms with van der Waals surface area (Å²) < 4.78 is 8.17. The van der Waals surface area contributed by atoms with Gasteiger partial charge >= 0.3 is 0 Å². The van der Waals surface area contributed by atoms with E-state index in [1.165, 1.54) is 35.9 Å². The summed E-state index contributed by atoms with van der Waals surface area (Å²) in [5.74, 6) is 2.50. The van der Waals surface area contributed by atoms with Gasteiger partial charge in [0.25, 0.3) is 0 Å². The molecule has 0 spiro atoms. The number of amides is 1. The van der Waals surface area contributed by atoms with Gasteiger partial charge in [0, 0.05) is 13.0 Å². The normalized spacial score (nSPS) is 14.0. The number of ether oxygens (including phenoxy) is 1. The highest BCUT2D eigenvalue weighted by atomic mass is 32.2. The number of thiazole rings is 1. The molecule has 3 aromatic rings. The summed E-state index contributed by atoms with van der Waals surface area (Å²) in [4.78, 5) is 16.6. The Morgan fingerprint density at radius 2 is 2.28 bits per heavy atom. The number of carbonyl (C=O) groups excluding carboxylic acids is 1. The van der Waals surface area contributed by atoms with Crippen LogP contribution in [0, 0.1) is 0 Å². The van der Waals surface area contributed by atoms with Gasteiger partial charge in [-0.3, -0.25) is 4.79 Å². The van der Waals surface area contributed by atoms with Gasteiger partial charge in [-0.25, -0.2) is 4.98 Å². The van der Waals surface area contributed by atoms with E-state index in [4.69, 9.17) is 4.74 Å². The first-order valence-corrected chi connectivity index (χ1v) is 9.71. The molecule has 0 atom stereocenters. The highest BCUT2D eigenvalue weighted by Crippen LogP contribution is 2.39. The maximum Gasteiger partial charge on any atom is 0.236 e. The van der Waals surface area contributed by atoms with Crippen molar-refractivity contribution in [3.05, 3.63) is 24.0 Å². The molecule has 1 aromatic carbocycles. The minimum absolute atomic E-state index is 0.105. The van der Waals surface area contributed by atoms with Gasteiger partial charge in [0.2, 0.25) is 5.91 Å². The SMILES string of the molecule is COc1ccc2nc(NC(=O)CSc3nnc(C4CC4)n3C)sc2c1. The Labute approximate surface area is 152 Å². The Balaban J connectivity index is 1.38. The number of benzene rings is 1. The van der Waals surface area contributed by atoms with Crippen molar-refractivity contribution in [3.8, 4) is 5.75 Å². The number of anilines is 1. The van der Waals surface area contributed by atoms with E-state index >= 15 is 0 Å². The number of aromatic nitrogens is 4. The predicted octanol–water partition coefficient (Wildman–Crippen LogP) is 3.04. The first-order chi connectivity index (χ1) is 12.1. The lowest BCUT2D eigenvalue weighted by Crippen LogP contribution is -2.14. The summed E-state index contributed by atoms with van der Waals surface area (Å²) in [6.07, 6.45) is 2.36. The molecule has 130 valence electrons. The molecule has 1 aliphatic rings. The Kier molecular flexibility index (Phi) is 4.34. The second-order valence-electron chi connectivity index (χ2n) is 5.86. The molecule has 0 radical (unpaired) electrons. The van der Waals surface area contributed by atoms with E-state index in [-0.39, 0.29) is 11.7 Å². The van der Waals surface area contributed by atoms with Crippen LogP contribution in [0.15, 0.2) is 23.4 Å². The molecular formula is C16H17N5O2S2. The summed E-state index contributed by atoms with van der Waals surface area (Å²) in [5.41, 5.74) is 0.844. The highest BCUT2D eigenvalue weighted by Gasteiger charge is 2.29. The molecule has 7 nitrogen and oxygen atoms in total. The largest absolute Gasteiger partial charge is 0.497 e. The maximum atomic E-state index is 12.2. The monoisotopic (exact) mass is 375 g/mol. The number of methoxy groups -OCH3 is 1. The average molecular weight is 375 g/mol. The van der Waals surface area contributed by atoms with Crippen molar-refractivity contribution < 1.29 is 9.53 Å². The van der Waals surface area contributed by atoms with Crippen LogP contribution in [0.2, 0.25) is 0 Å². The van der Waals surface area contributed by atoms with Crippen LogP contribution in [0.1, 0.15) is 24.6 Å². The van der Waals surface area contributed by atoms with Crippen molar-refractivity contribution in [2.75, 3.05) is 18.2 Å². The van der Waals surface area contributed by atoms with E-state index in [0.29, 0.717) is 11.0 Å². The number of nitrogens with zero attached hydrogens (tertiary/aromatic N) is 4. The molecule has 9 heteroatoms. The van der Waals surface area contributed by atoms with Gasteiger partial charge in [-0.05, 0) is 31.0 Å². The zero-order valence-corrected chi connectivity index (χ0v) is 15.5. The number of hydrogen-bond donors (Lipinski definition) is 1. The minimum atomic E-state index is -0.105. The van der Waals surface area contributed by atoms with Crippen molar-refractivity contribution in [3.63, 3.8) is 0 Å².